The lowest BCUT2D eigenvalue weighted by atomic mass is 10.1. The Balaban J connectivity index is 1.36. The average Bonchev–Trinajstić information content (AvgIpc) is 3.23. The van der Waals surface area contributed by atoms with Gasteiger partial charge in [-0.2, -0.15) is 0 Å². The van der Waals surface area contributed by atoms with Gasteiger partial charge in [-0.3, -0.25) is 4.79 Å². The first kappa shape index (κ1) is 16.2. The van der Waals surface area contributed by atoms with Crippen LogP contribution in [0.15, 0.2) is 61.2 Å². The number of carbonyl (C=O) groups excluding carboxylic acids is 1. The Labute approximate surface area is 151 Å². The van der Waals surface area contributed by atoms with Gasteiger partial charge < -0.3 is 19.4 Å². The maximum atomic E-state index is 12.4. The van der Waals surface area contributed by atoms with Crippen molar-refractivity contribution in [2.45, 2.75) is 6.42 Å². The molecule has 0 unspecified atom stereocenters. The van der Waals surface area contributed by atoms with Gasteiger partial charge >= 0.3 is 0 Å². The van der Waals surface area contributed by atoms with E-state index in [2.05, 4.69) is 10.3 Å². The minimum atomic E-state index is -0.0930. The zero-order valence-corrected chi connectivity index (χ0v) is 14.2. The fraction of sp³-hybridized carbons (Fsp3) is 0.200. The number of carbonyl (C=O) groups is 1. The van der Waals surface area contributed by atoms with Crippen molar-refractivity contribution in [1.29, 1.82) is 0 Å². The lowest BCUT2D eigenvalue weighted by Crippen LogP contribution is -2.25. The predicted molar refractivity (Wildman–Crippen MR) is 97.0 cm³/mol. The van der Waals surface area contributed by atoms with E-state index in [4.69, 9.17) is 9.47 Å². The van der Waals surface area contributed by atoms with Gasteiger partial charge in [0, 0.05) is 30.2 Å². The molecular weight excluding hydrogens is 330 g/mol. The summed E-state index contributed by atoms with van der Waals surface area (Å²) in [6.07, 6.45) is 5.99. The highest BCUT2D eigenvalue weighted by Gasteiger charge is 2.12. The molecule has 26 heavy (non-hydrogen) atoms. The molecule has 1 aliphatic rings. The molecule has 2 aromatic carbocycles. The van der Waals surface area contributed by atoms with E-state index in [1.165, 1.54) is 0 Å². The summed E-state index contributed by atoms with van der Waals surface area (Å²) in [6.45, 7) is 1.70. The van der Waals surface area contributed by atoms with Crippen LogP contribution < -0.4 is 14.8 Å². The summed E-state index contributed by atoms with van der Waals surface area (Å²) in [7, 11) is 0. The minimum absolute atomic E-state index is 0.0930. The fourth-order valence-corrected chi connectivity index (χ4v) is 2.89. The van der Waals surface area contributed by atoms with Gasteiger partial charge in [0.05, 0.1) is 6.33 Å². The van der Waals surface area contributed by atoms with Crippen molar-refractivity contribution in [3.63, 3.8) is 0 Å². The van der Waals surface area contributed by atoms with Gasteiger partial charge in [-0.05, 0) is 42.3 Å². The predicted octanol–water partition coefficient (Wildman–Crippen LogP) is 2.62. The molecule has 0 radical (unpaired) electrons. The number of nitrogens with zero attached hydrogens (tertiary/aromatic N) is 2. The standard InChI is InChI=1S/C20H19N3O3/c24-20(16-2-1-3-17(13-16)23-9-8-21-14-23)22-7-6-15-4-5-18-19(12-15)26-11-10-25-18/h1-5,8-9,12-14H,6-7,10-11H2,(H,22,24). The fourth-order valence-electron chi connectivity index (χ4n) is 2.89. The molecule has 0 bridgehead atoms. The molecule has 0 aliphatic carbocycles. The molecule has 0 saturated heterocycles. The van der Waals surface area contributed by atoms with E-state index >= 15 is 0 Å². The van der Waals surface area contributed by atoms with Gasteiger partial charge in [-0.25, -0.2) is 4.98 Å². The second-order valence-corrected chi connectivity index (χ2v) is 6.00. The van der Waals surface area contributed by atoms with E-state index in [0.29, 0.717) is 25.3 Å². The molecule has 0 saturated carbocycles. The van der Waals surface area contributed by atoms with Crippen molar-refractivity contribution >= 4 is 5.91 Å². The first-order valence-electron chi connectivity index (χ1n) is 8.55. The Kier molecular flexibility index (Phi) is 4.55. The summed E-state index contributed by atoms with van der Waals surface area (Å²) in [6, 6.07) is 13.3. The van der Waals surface area contributed by atoms with Gasteiger partial charge in [0.25, 0.3) is 5.91 Å². The third kappa shape index (κ3) is 3.54. The summed E-state index contributed by atoms with van der Waals surface area (Å²) >= 11 is 0. The number of aromatic nitrogens is 2. The van der Waals surface area contributed by atoms with Gasteiger partial charge in [0.15, 0.2) is 11.5 Å². The molecule has 1 aromatic heterocycles. The van der Waals surface area contributed by atoms with Crippen LogP contribution in [0.1, 0.15) is 15.9 Å². The smallest absolute Gasteiger partial charge is 0.251 e. The van der Waals surface area contributed by atoms with Crippen LogP contribution in [0.4, 0.5) is 0 Å². The maximum absolute atomic E-state index is 12.4. The number of hydrogen-bond acceptors (Lipinski definition) is 4. The van der Waals surface area contributed by atoms with E-state index in [9.17, 15) is 4.79 Å². The molecule has 0 spiro atoms. The number of nitrogens with one attached hydrogen (secondary N) is 1. The topological polar surface area (TPSA) is 65.4 Å². The summed E-state index contributed by atoms with van der Waals surface area (Å²) < 4.78 is 13.0. The molecule has 0 atom stereocenters. The Morgan fingerprint density at radius 2 is 2.00 bits per heavy atom. The lowest BCUT2D eigenvalue weighted by Gasteiger charge is -2.18. The lowest BCUT2D eigenvalue weighted by molar-refractivity contribution is 0.0954. The molecule has 3 aromatic rings. The van der Waals surface area contributed by atoms with E-state index in [-0.39, 0.29) is 5.91 Å². The van der Waals surface area contributed by atoms with E-state index in [1.807, 2.05) is 47.2 Å². The van der Waals surface area contributed by atoms with Crippen LogP contribution >= 0.6 is 0 Å². The van der Waals surface area contributed by atoms with Crippen molar-refractivity contribution < 1.29 is 14.3 Å². The Morgan fingerprint density at radius 3 is 2.85 bits per heavy atom. The molecule has 1 aliphatic heterocycles. The van der Waals surface area contributed by atoms with Crippen molar-refractivity contribution in [3.8, 4) is 17.2 Å². The molecular formula is C20H19N3O3. The first-order chi connectivity index (χ1) is 12.8. The number of hydrogen-bond donors (Lipinski definition) is 1. The molecule has 0 fully saturated rings. The van der Waals surface area contributed by atoms with E-state index in [1.54, 1.807) is 18.6 Å². The van der Waals surface area contributed by atoms with Crippen LogP contribution in [-0.2, 0) is 6.42 Å². The minimum Gasteiger partial charge on any atom is -0.486 e. The second kappa shape index (κ2) is 7.31. The Bertz CT molecular complexity index is 906. The van der Waals surface area contributed by atoms with E-state index < -0.39 is 0 Å². The van der Waals surface area contributed by atoms with E-state index in [0.717, 1.165) is 29.2 Å². The summed E-state index contributed by atoms with van der Waals surface area (Å²) in [5, 5.41) is 2.96. The highest BCUT2D eigenvalue weighted by atomic mass is 16.6. The molecule has 1 N–H and O–H groups in total. The van der Waals surface area contributed by atoms with Crippen molar-refractivity contribution in [3.05, 3.63) is 72.3 Å². The first-order valence-corrected chi connectivity index (χ1v) is 8.55. The quantitative estimate of drug-likeness (QED) is 0.769. The average molecular weight is 349 g/mol. The van der Waals surface area contributed by atoms with Gasteiger partial charge in [0.2, 0.25) is 0 Å². The van der Waals surface area contributed by atoms with Crippen molar-refractivity contribution in [2.75, 3.05) is 19.8 Å². The number of amides is 1. The van der Waals surface area contributed by atoms with Gasteiger partial charge in [0.1, 0.15) is 13.2 Å². The highest BCUT2D eigenvalue weighted by Crippen LogP contribution is 2.30. The summed E-state index contributed by atoms with van der Waals surface area (Å²) in [5.74, 6) is 1.46. The monoisotopic (exact) mass is 349 g/mol. The van der Waals surface area contributed by atoms with Crippen molar-refractivity contribution in [2.24, 2.45) is 0 Å². The van der Waals surface area contributed by atoms with Gasteiger partial charge in [-0.15, -0.1) is 0 Å². The van der Waals surface area contributed by atoms with Gasteiger partial charge in [-0.1, -0.05) is 12.1 Å². The Hall–Kier alpha value is -3.28. The third-order valence-electron chi connectivity index (χ3n) is 4.22. The summed E-state index contributed by atoms with van der Waals surface area (Å²) in [5.41, 5.74) is 2.63. The maximum Gasteiger partial charge on any atom is 0.251 e. The van der Waals surface area contributed by atoms with Crippen LogP contribution in [-0.4, -0.2) is 35.2 Å². The molecule has 6 nitrogen and oxygen atoms in total. The number of fused-ring (bicyclic) bond motifs is 1. The number of benzene rings is 2. The SMILES string of the molecule is O=C(NCCc1ccc2c(c1)OCCO2)c1cccc(-n2ccnc2)c1. The zero-order valence-electron chi connectivity index (χ0n) is 14.2. The molecule has 4 rings (SSSR count). The molecule has 1 amide bonds. The Morgan fingerprint density at radius 1 is 1.12 bits per heavy atom. The van der Waals surface area contributed by atoms with Crippen LogP contribution in [0.25, 0.3) is 5.69 Å². The van der Waals surface area contributed by atoms with Crippen molar-refractivity contribution in [1.82, 2.24) is 14.9 Å². The number of rotatable bonds is 5. The largest absolute Gasteiger partial charge is 0.486 e. The highest BCUT2D eigenvalue weighted by molar-refractivity contribution is 5.94. The molecule has 6 heteroatoms. The molecule has 2 heterocycles. The second-order valence-electron chi connectivity index (χ2n) is 6.00. The summed E-state index contributed by atoms with van der Waals surface area (Å²) in [4.78, 5) is 16.4. The van der Waals surface area contributed by atoms with Crippen LogP contribution in [0, 0.1) is 0 Å². The van der Waals surface area contributed by atoms with Crippen LogP contribution in [0.3, 0.4) is 0 Å². The number of ether oxygens (including phenoxy) is 2. The van der Waals surface area contributed by atoms with Crippen LogP contribution in [0.2, 0.25) is 0 Å². The molecule has 132 valence electrons. The third-order valence-corrected chi connectivity index (χ3v) is 4.22. The normalized spacial score (nSPS) is 12.6. The number of imidazole rings is 1. The van der Waals surface area contributed by atoms with Crippen LogP contribution in [0.5, 0.6) is 11.5 Å². The zero-order chi connectivity index (χ0) is 17.8.